The van der Waals surface area contributed by atoms with Crippen LogP contribution in [0.5, 0.6) is 0 Å². The minimum Gasteiger partial charge on any atom is -0.391 e. The molecule has 1 aromatic rings. The maximum atomic E-state index is 13.6. The Morgan fingerprint density at radius 2 is 1.87 bits per heavy atom. The number of hydrogen-bond donors (Lipinski definition) is 2. The van der Waals surface area contributed by atoms with Crippen LogP contribution in [0, 0.1) is 0 Å². The number of sulfonamides is 1. The molecular weight excluding hydrogens is 555 g/mol. The molecule has 1 aliphatic carbocycles. The average Bonchev–Trinajstić information content (AvgIpc) is 3.04. The molecule has 0 radical (unpaired) electrons. The number of benzene rings is 1. The van der Waals surface area contributed by atoms with Crippen molar-refractivity contribution >= 4 is 32.8 Å². The van der Waals surface area contributed by atoms with E-state index >= 15 is 0 Å². The number of fused-ring (bicyclic) bond motifs is 2. The Bertz CT molecular complexity index is 1270. The zero-order valence-corrected chi connectivity index (χ0v) is 23.1. The number of allylic oxidation sites excluding steroid dienone is 4. The molecule has 5 atom stereocenters. The standard InChI is InChI=1S/C26H32F3N3O5S2/c1-25(34,26(27,28)29)17-6-8-18(9-7-17)31-11-10-30(39(35,36)24-5-3-2-4-23(24)38)13-20(31)14-32-19-12-22(33)21(32)16-37-15-19/h2-3,5-9,19-22,33-34H,4,10-16H2,1H3/t19-,20+,21-,22-,25-/m0/s1. The molecular formula is C26H32F3N3O5S2. The number of ether oxygens (including phenoxy) is 1. The Balaban J connectivity index is 1.43. The summed E-state index contributed by atoms with van der Waals surface area (Å²) in [5, 5.41) is 20.6. The van der Waals surface area contributed by atoms with Gasteiger partial charge in [-0.2, -0.15) is 17.5 Å². The molecule has 1 aromatic carbocycles. The van der Waals surface area contributed by atoms with Gasteiger partial charge in [-0.05, 0) is 37.1 Å². The lowest BCUT2D eigenvalue weighted by Gasteiger charge is -2.46. The summed E-state index contributed by atoms with van der Waals surface area (Å²) in [7, 11) is -3.85. The van der Waals surface area contributed by atoms with Crippen molar-refractivity contribution in [2.45, 2.75) is 55.8 Å². The first-order valence-electron chi connectivity index (χ1n) is 12.9. The highest BCUT2D eigenvalue weighted by Gasteiger charge is 2.51. The molecule has 4 aliphatic rings. The van der Waals surface area contributed by atoms with E-state index in [0.717, 1.165) is 0 Å². The second kappa shape index (κ2) is 10.5. The topological polar surface area (TPSA) is 93.6 Å². The fourth-order valence-corrected chi connectivity index (χ4v) is 7.93. The fourth-order valence-electron chi connectivity index (χ4n) is 5.86. The molecule has 39 heavy (non-hydrogen) atoms. The summed E-state index contributed by atoms with van der Waals surface area (Å²) in [6, 6.07) is 4.99. The minimum atomic E-state index is -4.84. The first-order valence-corrected chi connectivity index (χ1v) is 14.7. The molecule has 214 valence electrons. The Kier molecular flexibility index (Phi) is 7.72. The highest BCUT2D eigenvalue weighted by atomic mass is 32.2. The van der Waals surface area contributed by atoms with E-state index in [2.05, 4.69) is 4.90 Å². The van der Waals surface area contributed by atoms with E-state index < -0.39 is 27.9 Å². The monoisotopic (exact) mass is 587 g/mol. The highest BCUT2D eigenvalue weighted by Crippen LogP contribution is 2.39. The van der Waals surface area contributed by atoms with Crippen LogP contribution in [-0.4, -0.2) is 102 Å². The van der Waals surface area contributed by atoms with Gasteiger partial charge in [0.1, 0.15) is 0 Å². The number of anilines is 1. The van der Waals surface area contributed by atoms with Crippen molar-refractivity contribution in [3.63, 3.8) is 0 Å². The number of aliphatic hydroxyl groups excluding tert-OH is 1. The summed E-state index contributed by atoms with van der Waals surface area (Å²) in [6.07, 6.45) is 0.571. The van der Waals surface area contributed by atoms with E-state index in [1.165, 1.54) is 34.6 Å². The number of morpholine rings is 1. The maximum Gasteiger partial charge on any atom is 0.421 e. The van der Waals surface area contributed by atoms with E-state index in [1.807, 2.05) is 4.90 Å². The highest BCUT2D eigenvalue weighted by molar-refractivity contribution is 7.96. The second-order valence-corrected chi connectivity index (χ2v) is 13.1. The van der Waals surface area contributed by atoms with Crippen LogP contribution in [0.3, 0.4) is 0 Å². The van der Waals surface area contributed by atoms with Gasteiger partial charge in [0.15, 0.2) is 5.60 Å². The van der Waals surface area contributed by atoms with Crippen LogP contribution in [0.2, 0.25) is 0 Å². The zero-order valence-electron chi connectivity index (χ0n) is 21.4. The Morgan fingerprint density at radius 1 is 1.15 bits per heavy atom. The summed E-state index contributed by atoms with van der Waals surface area (Å²) in [5.41, 5.74) is -2.66. The van der Waals surface area contributed by atoms with Gasteiger partial charge in [0, 0.05) is 49.2 Å². The Labute approximate surface area is 231 Å². The summed E-state index contributed by atoms with van der Waals surface area (Å²) in [4.78, 5) is 4.64. The molecule has 0 unspecified atom stereocenters. The molecule has 2 N–H and O–H groups in total. The van der Waals surface area contributed by atoms with E-state index in [4.69, 9.17) is 17.0 Å². The van der Waals surface area contributed by atoms with Crippen LogP contribution in [-0.2, 0) is 20.4 Å². The van der Waals surface area contributed by atoms with Crippen molar-refractivity contribution in [2.24, 2.45) is 0 Å². The van der Waals surface area contributed by atoms with Gasteiger partial charge < -0.3 is 19.8 Å². The van der Waals surface area contributed by atoms with Crippen LogP contribution < -0.4 is 4.90 Å². The van der Waals surface area contributed by atoms with Gasteiger partial charge in [-0.1, -0.05) is 36.5 Å². The summed E-state index contributed by atoms with van der Waals surface area (Å²) in [6.45, 7) is 2.61. The fraction of sp³-hybridized carbons (Fsp3) is 0.577. The molecule has 3 aliphatic heterocycles. The van der Waals surface area contributed by atoms with Crippen molar-refractivity contribution in [2.75, 3.05) is 44.3 Å². The third-order valence-corrected chi connectivity index (χ3v) is 10.7. The lowest BCUT2D eigenvalue weighted by Crippen LogP contribution is -2.61. The Hall–Kier alpha value is -1.87. The molecule has 3 saturated heterocycles. The van der Waals surface area contributed by atoms with Crippen molar-refractivity contribution in [3.05, 3.63) is 53.0 Å². The average molecular weight is 588 g/mol. The predicted octanol–water partition coefficient (Wildman–Crippen LogP) is 2.32. The lowest BCUT2D eigenvalue weighted by atomic mass is 9.95. The molecule has 0 aromatic heterocycles. The number of thiocarbonyl (C=S) groups is 1. The summed E-state index contributed by atoms with van der Waals surface area (Å²) >= 11 is 5.34. The third kappa shape index (κ3) is 5.30. The smallest absolute Gasteiger partial charge is 0.391 e. The molecule has 3 heterocycles. The zero-order chi connectivity index (χ0) is 28.2. The Morgan fingerprint density at radius 3 is 2.51 bits per heavy atom. The van der Waals surface area contributed by atoms with Crippen molar-refractivity contribution < 1.29 is 36.5 Å². The maximum absolute atomic E-state index is 13.6. The van der Waals surface area contributed by atoms with Crippen LogP contribution >= 0.6 is 12.2 Å². The van der Waals surface area contributed by atoms with Gasteiger partial charge in [0.25, 0.3) is 0 Å². The van der Waals surface area contributed by atoms with Gasteiger partial charge in [-0.15, -0.1) is 0 Å². The summed E-state index contributed by atoms with van der Waals surface area (Å²) in [5.74, 6) is 0. The van der Waals surface area contributed by atoms with E-state index in [9.17, 15) is 31.8 Å². The molecule has 0 saturated carbocycles. The van der Waals surface area contributed by atoms with Crippen LogP contribution in [0.4, 0.5) is 18.9 Å². The van der Waals surface area contributed by atoms with E-state index in [0.29, 0.717) is 56.6 Å². The first-order chi connectivity index (χ1) is 18.3. The van der Waals surface area contributed by atoms with E-state index in [-0.39, 0.29) is 41.7 Å². The molecule has 0 amide bonds. The molecule has 3 fully saturated rings. The molecule has 8 nitrogen and oxygen atoms in total. The molecule has 13 heteroatoms. The van der Waals surface area contributed by atoms with Gasteiger partial charge in [0.05, 0.1) is 36.3 Å². The molecule has 2 bridgehead atoms. The van der Waals surface area contributed by atoms with Gasteiger partial charge in [-0.3, -0.25) is 4.90 Å². The molecule has 5 rings (SSSR count). The molecule has 0 spiro atoms. The quantitative estimate of drug-likeness (QED) is 0.490. The van der Waals surface area contributed by atoms with Crippen LogP contribution in [0.1, 0.15) is 25.3 Å². The number of rotatable bonds is 6. The first kappa shape index (κ1) is 28.7. The van der Waals surface area contributed by atoms with Crippen LogP contribution in [0.15, 0.2) is 47.4 Å². The van der Waals surface area contributed by atoms with Gasteiger partial charge >= 0.3 is 6.18 Å². The number of nitrogens with zero attached hydrogens (tertiary/aromatic N) is 3. The van der Waals surface area contributed by atoms with Gasteiger partial charge in [0.2, 0.25) is 10.0 Å². The number of hydrogen-bond acceptors (Lipinski definition) is 8. The third-order valence-electron chi connectivity index (χ3n) is 8.21. The number of piperazine rings is 1. The second-order valence-electron chi connectivity index (χ2n) is 10.7. The normalized spacial score (nSPS) is 30.4. The van der Waals surface area contributed by atoms with Crippen molar-refractivity contribution in [3.8, 4) is 0 Å². The number of halogens is 3. The lowest BCUT2D eigenvalue weighted by molar-refractivity contribution is -0.258. The SMILES string of the molecule is C[C@](O)(c1ccc(N2CCN(S(=O)(=O)C3=CC=CCC3=S)C[C@@H]2CN2[C@@H]3COC[C@H]2[C@@H](O)C3)cc1)C(F)(F)F. The largest absolute Gasteiger partial charge is 0.421 e. The van der Waals surface area contributed by atoms with Gasteiger partial charge in [-0.25, -0.2) is 8.42 Å². The van der Waals surface area contributed by atoms with E-state index in [1.54, 1.807) is 12.2 Å². The number of alkyl halides is 3. The summed E-state index contributed by atoms with van der Waals surface area (Å²) < 4.78 is 74.3. The predicted molar refractivity (Wildman–Crippen MR) is 144 cm³/mol. The minimum absolute atomic E-state index is 0.00407. The van der Waals surface area contributed by atoms with Crippen LogP contribution in [0.25, 0.3) is 0 Å². The van der Waals surface area contributed by atoms with Crippen molar-refractivity contribution in [1.82, 2.24) is 9.21 Å². The van der Waals surface area contributed by atoms with Crippen molar-refractivity contribution in [1.29, 1.82) is 0 Å². The number of aliphatic hydroxyl groups is 2.